The Balaban J connectivity index is 2.20. The monoisotopic (exact) mass is 183 g/mol. The van der Waals surface area contributed by atoms with Crippen LogP contribution in [0.1, 0.15) is 33.6 Å². The van der Waals surface area contributed by atoms with Crippen LogP contribution in [0, 0.1) is 11.8 Å². The molecule has 0 aliphatic heterocycles. The van der Waals surface area contributed by atoms with Crippen LogP contribution in [0.3, 0.4) is 0 Å². The average molecular weight is 183 g/mol. The number of aliphatic imine (C=N–C) groups is 1. The summed E-state index contributed by atoms with van der Waals surface area (Å²) in [4.78, 5) is 4.31. The molecule has 1 aliphatic rings. The van der Waals surface area contributed by atoms with E-state index in [0.717, 1.165) is 12.5 Å². The summed E-state index contributed by atoms with van der Waals surface area (Å²) in [5, 5.41) is 3.09. The standard InChI is InChI=1S/C10H21N3/c1-7(2)13-10(11)12-6-8(3)9-4-5-9/h7-9H,4-6H2,1-3H3,(H3,11,12,13). The molecule has 3 N–H and O–H groups in total. The second kappa shape index (κ2) is 4.49. The Morgan fingerprint density at radius 3 is 2.54 bits per heavy atom. The lowest BCUT2D eigenvalue weighted by Crippen LogP contribution is -2.37. The minimum Gasteiger partial charge on any atom is -0.370 e. The summed E-state index contributed by atoms with van der Waals surface area (Å²) < 4.78 is 0. The smallest absolute Gasteiger partial charge is 0.188 e. The van der Waals surface area contributed by atoms with E-state index in [9.17, 15) is 0 Å². The van der Waals surface area contributed by atoms with Crippen LogP contribution >= 0.6 is 0 Å². The van der Waals surface area contributed by atoms with Crippen molar-refractivity contribution < 1.29 is 0 Å². The van der Waals surface area contributed by atoms with E-state index in [1.807, 2.05) is 0 Å². The first-order chi connectivity index (χ1) is 6.09. The molecule has 0 heterocycles. The third-order valence-electron chi connectivity index (χ3n) is 2.41. The van der Waals surface area contributed by atoms with E-state index >= 15 is 0 Å². The number of hydrogen-bond acceptors (Lipinski definition) is 1. The van der Waals surface area contributed by atoms with Gasteiger partial charge in [0.15, 0.2) is 5.96 Å². The van der Waals surface area contributed by atoms with Gasteiger partial charge in [0.1, 0.15) is 0 Å². The van der Waals surface area contributed by atoms with Crippen molar-refractivity contribution in [3.8, 4) is 0 Å². The molecule has 3 nitrogen and oxygen atoms in total. The number of nitrogens with one attached hydrogen (secondary N) is 1. The van der Waals surface area contributed by atoms with E-state index in [-0.39, 0.29) is 0 Å². The summed E-state index contributed by atoms with van der Waals surface area (Å²) in [6.07, 6.45) is 2.77. The summed E-state index contributed by atoms with van der Waals surface area (Å²) >= 11 is 0. The maximum atomic E-state index is 5.68. The molecule has 13 heavy (non-hydrogen) atoms. The first-order valence-corrected chi connectivity index (χ1v) is 5.16. The number of rotatable bonds is 4. The normalized spacial score (nSPS) is 20.5. The molecule has 0 aromatic rings. The fourth-order valence-corrected chi connectivity index (χ4v) is 1.40. The average Bonchev–Trinajstić information content (AvgIpc) is 2.80. The van der Waals surface area contributed by atoms with Crippen molar-refractivity contribution in [2.75, 3.05) is 6.54 Å². The third kappa shape index (κ3) is 4.15. The van der Waals surface area contributed by atoms with Gasteiger partial charge >= 0.3 is 0 Å². The fourth-order valence-electron chi connectivity index (χ4n) is 1.40. The Morgan fingerprint density at radius 2 is 2.08 bits per heavy atom. The maximum Gasteiger partial charge on any atom is 0.188 e. The SMILES string of the molecule is CC(C)NC(N)=NCC(C)C1CC1. The van der Waals surface area contributed by atoms with Crippen LogP contribution in [0.4, 0.5) is 0 Å². The highest BCUT2D eigenvalue weighted by molar-refractivity contribution is 5.78. The Bertz CT molecular complexity index is 183. The topological polar surface area (TPSA) is 50.4 Å². The minimum absolute atomic E-state index is 0.375. The van der Waals surface area contributed by atoms with Crippen LogP contribution in [-0.4, -0.2) is 18.5 Å². The zero-order chi connectivity index (χ0) is 9.84. The van der Waals surface area contributed by atoms with Crippen molar-refractivity contribution in [2.45, 2.75) is 39.7 Å². The second-order valence-electron chi connectivity index (χ2n) is 4.34. The van der Waals surface area contributed by atoms with Gasteiger partial charge in [-0.3, -0.25) is 4.99 Å². The molecule has 1 atom stereocenters. The lowest BCUT2D eigenvalue weighted by molar-refractivity contribution is 0.520. The summed E-state index contributed by atoms with van der Waals surface area (Å²) in [5.74, 6) is 2.20. The summed E-state index contributed by atoms with van der Waals surface area (Å²) in [6.45, 7) is 7.25. The van der Waals surface area contributed by atoms with Gasteiger partial charge in [0.25, 0.3) is 0 Å². The van der Waals surface area contributed by atoms with Crippen LogP contribution in [0.5, 0.6) is 0 Å². The molecule has 0 bridgehead atoms. The molecule has 1 rings (SSSR count). The van der Waals surface area contributed by atoms with Crippen molar-refractivity contribution in [3.05, 3.63) is 0 Å². The molecule has 1 unspecified atom stereocenters. The van der Waals surface area contributed by atoms with Gasteiger partial charge in [0, 0.05) is 12.6 Å². The maximum absolute atomic E-state index is 5.68. The minimum atomic E-state index is 0.375. The quantitative estimate of drug-likeness (QED) is 0.510. The Kier molecular flexibility index (Phi) is 3.58. The predicted molar refractivity (Wildman–Crippen MR) is 56.6 cm³/mol. The van der Waals surface area contributed by atoms with Gasteiger partial charge < -0.3 is 11.1 Å². The summed E-state index contributed by atoms with van der Waals surface area (Å²) in [6, 6.07) is 0.375. The van der Waals surface area contributed by atoms with Gasteiger partial charge in [0.2, 0.25) is 0 Å². The van der Waals surface area contributed by atoms with Gasteiger partial charge in [-0.1, -0.05) is 6.92 Å². The van der Waals surface area contributed by atoms with E-state index in [4.69, 9.17) is 5.73 Å². The largest absolute Gasteiger partial charge is 0.370 e. The van der Waals surface area contributed by atoms with Gasteiger partial charge in [-0.15, -0.1) is 0 Å². The van der Waals surface area contributed by atoms with Crippen molar-refractivity contribution in [2.24, 2.45) is 22.6 Å². The number of guanidine groups is 1. The molecule has 0 radical (unpaired) electrons. The molecule has 0 amide bonds. The molecule has 0 saturated heterocycles. The molecule has 1 saturated carbocycles. The molecule has 0 aromatic heterocycles. The predicted octanol–water partition coefficient (Wildman–Crippen LogP) is 1.35. The van der Waals surface area contributed by atoms with Crippen LogP contribution in [-0.2, 0) is 0 Å². The molecule has 3 heteroatoms. The zero-order valence-electron chi connectivity index (χ0n) is 8.88. The van der Waals surface area contributed by atoms with E-state index in [0.29, 0.717) is 17.9 Å². The molecule has 0 aromatic carbocycles. The Labute approximate surface area is 80.8 Å². The van der Waals surface area contributed by atoms with Crippen molar-refractivity contribution in [3.63, 3.8) is 0 Å². The number of hydrogen-bond donors (Lipinski definition) is 2. The van der Waals surface area contributed by atoms with Gasteiger partial charge in [-0.2, -0.15) is 0 Å². The summed E-state index contributed by atoms with van der Waals surface area (Å²) in [5.41, 5.74) is 5.68. The molecule has 0 spiro atoms. The van der Waals surface area contributed by atoms with Crippen LogP contribution < -0.4 is 11.1 Å². The highest BCUT2D eigenvalue weighted by Crippen LogP contribution is 2.36. The van der Waals surface area contributed by atoms with Crippen molar-refractivity contribution in [1.29, 1.82) is 0 Å². The zero-order valence-corrected chi connectivity index (χ0v) is 8.88. The van der Waals surface area contributed by atoms with Gasteiger partial charge in [-0.25, -0.2) is 0 Å². The van der Waals surface area contributed by atoms with Gasteiger partial charge in [-0.05, 0) is 38.5 Å². The van der Waals surface area contributed by atoms with Crippen LogP contribution in [0.2, 0.25) is 0 Å². The molecular formula is C10H21N3. The Morgan fingerprint density at radius 1 is 1.46 bits per heavy atom. The van der Waals surface area contributed by atoms with E-state index < -0.39 is 0 Å². The van der Waals surface area contributed by atoms with Crippen LogP contribution in [0.25, 0.3) is 0 Å². The van der Waals surface area contributed by atoms with Gasteiger partial charge in [0.05, 0.1) is 0 Å². The lowest BCUT2D eigenvalue weighted by atomic mass is 10.1. The summed E-state index contributed by atoms with van der Waals surface area (Å²) in [7, 11) is 0. The fraction of sp³-hybridized carbons (Fsp3) is 0.900. The highest BCUT2D eigenvalue weighted by Gasteiger charge is 2.27. The Hall–Kier alpha value is -0.730. The molecule has 1 aliphatic carbocycles. The highest BCUT2D eigenvalue weighted by atomic mass is 15.1. The molecular weight excluding hydrogens is 162 g/mol. The first-order valence-electron chi connectivity index (χ1n) is 5.16. The molecule has 1 fully saturated rings. The number of nitrogens with zero attached hydrogens (tertiary/aromatic N) is 1. The van der Waals surface area contributed by atoms with Crippen molar-refractivity contribution >= 4 is 5.96 Å². The second-order valence-corrected chi connectivity index (χ2v) is 4.34. The van der Waals surface area contributed by atoms with E-state index in [2.05, 4.69) is 31.1 Å². The molecule has 76 valence electrons. The van der Waals surface area contributed by atoms with E-state index in [1.54, 1.807) is 0 Å². The van der Waals surface area contributed by atoms with Crippen LogP contribution in [0.15, 0.2) is 4.99 Å². The number of nitrogens with two attached hydrogens (primary N) is 1. The lowest BCUT2D eigenvalue weighted by Gasteiger charge is -2.10. The van der Waals surface area contributed by atoms with E-state index in [1.165, 1.54) is 12.8 Å². The third-order valence-corrected chi connectivity index (χ3v) is 2.41. The first kappa shape index (κ1) is 10.4. The van der Waals surface area contributed by atoms with Crippen molar-refractivity contribution in [1.82, 2.24) is 5.32 Å².